The van der Waals surface area contributed by atoms with Gasteiger partial charge in [0.05, 0.1) is 16.7 Å². The number of benzene rings is 1. The van der Waals surface area contributed by atoms with Crippen molar-refractivity contribution in [2.75, 3.05) is 23.0 Å². The van der Waals surface area contributed by atoms with Gasteiger partial charge in [-0.1, -0.05) is 38.1 Å². The molecule has 5 rings (SSSR count). The summed E-state index contributed by atoms with van der Waals surface area (Å²) in [4.78, 5) is 7.07. The van der Waals surface area contributed by atoms with Crippen LogP contribution in [-0.2, 0) is 11.8 Å². The minimum atomic E-state index is -2.36. The standard InChI is InChI=1S/C21H26N5PS2/c1-21(2)14-17-19(18(15-21)25-11-6-7-12-25)27(28,24-20-22-10-13-29-20)26(23-17)16-8-4-3-5-9-16/h3-5,8-10,13-14,23H,6-7,11-12,15H2,1-2H3,(H,22,24,28)/t27-/m0/s1. The maximum Gasteiger partial charge on any atom is 0.187 e. The smallest absolute Gasteiger partial charge is 0.187 e. The van der Waals surface area contributed by atoms with E-state index in [2.05, 4.69) is 69.4 Å². The van der Waals surface area contributed by atoms with Crippen LogP contribution in [0.5, 0.6) is 0 Å². The number of aromatic nitrogens is 1. The summed E-state index contributed by atoms with van der Waals surface area (Å²) in [7, 11) is 0. The third-order valence-corrected chi connectivity index (χ3v) is 10.3. The van der Waals surface area contributed by atoms with E-state index in [4.69, 9.17) is 11.8 Å². The zero-order chi connectivity index (χ0) is 20.1. The molecule has 152 valence electrons. The van der Waals surface area contributed by atoms with E-state index >= 15 is 0 Å². The zero-order valence-corrected chi connectivity index (χ0v) is 19.3. The van der Waals surface area contributed by atoms with Gasteiger partial charge < -0.3 is 9.99 Å². The molecule has 2 fully saturated rings. The third kappa shape index (κ3) is 3.39. The summed E-state index contributed by atoms with van der Waals surface area (Å²) >= 11 is 8.12. The molecule has 2 aromatic rings. The van der Waals surface area contributed by atoms with Crippen molar-refractivity contribution in [3.63, 3.8) is 0 Å². The van der Waals surface area contributed by atoms with E-state index < -0.39 is 6.34 Å². The molecule has 3 aliphatic rings. The highest BCUT2D eigenvalue weighted by molar-refractivity contribution is 8.18. The molecule has 0 bridgehead atoms. The number of para-hydroxylation sites is 1. The first kappa shape index (κ1) is 19.2. The lowest BCUT2D eigenvalue weighted by atomic mass is 9.83. The number of nitrogens with one attached hydrogen (secondary N) is 2. The Labute approximate surface area is 181 Å². The van der Waals surface area contributed by atoms with E-state index in [0.717, 1.165) is 30.3 Å². The largest absolute Gasteiger partial charge is 0.374 e. The molecule has 29 heavy (non-hydrogen) atoms. The lowest BCUT2D eigenvalue weighted by molar-refractivity contribution is 0.345. The van der Waals surface area contributed by atoms with E-state index in [1.165, 1.54) is 29.5 Å². The number of nitrogens with zero attached hydrogens (tertiary/aromatic N) is 3. The minimum absolute atomic E-state index is 0.0950. The van der Waals surface area contributed by atoms with Gasteiger partial charge in [-0.05, 0) is 48.6 Å². The summed E-state index contributed by atoms with van der Waals surface area (Å²) in [6.07, 6.45) is 5.38. The molecule has 2 aliphatic heterocycles. The van der Waals surface area contributed by atoms with E-state index in [-0.39, 0.29) is 5.41 Å². The Morgan fingerprint density at radius 3 is 2.66 bits per heavy atom. The number of likely N-dealkylation sites (tertiary alicyclic amines) is 1. The predicted molar refractivity (Wildman–Crippen MR) is 126 cm³/mol. The van der Waals surface area contributed by atoms with Crippen molar-refractivity contribution in [3.05, 3.63) is 64.7 Å². The van der Waals surface area contributed by atoms with Crippen LogP contribution in [0.3, 0.4) is 0 Å². The van der Waals surface area contributed by atoms with Crippen LogP contribution in [0.15, 0.2) is 64.7 Å². The van der Waals surface area contributed by atoms with Gasteiger partial charge in [-0.3, -0.25) is 5.43 Å². The fourth-order valence-corrected chi connectivity index (χ4v) is 9.32. The van der Waals surface area contributed by atoms with Gasteiger partial charge in [-0.25, -0.2) is 9.76 Å². The SMILES string of the molecule is CC1(C)C=C2NN(c3ccccc3)[P@@](=S)(Nc3nccs3)C2=C(N2CCCC2)C1. The molecule has 1 aliphatic carbocycles. The van der Waals surface area contributed by atoms with Gasteiger partial charge >= 0.3 is 0 Å². The maximum atomic E-state index is 6.51. The number of hydrogen-bond donors (Lipinski definition) is 2. The summed E-state index contributed by atoms with van der Waals surface area (Å²) in [5, 5.41) is 7.86. The first-order chi connectivity index (χ1) is 14.0. The Kier molecular flexibility index (Phi) is 4.72. The molecule has 0 spiro atoms. The molecule has 1 aromatic heterocycles. The second-order valence-corrected chi connectivity index (χ2v) is 13.2. The first-order valence-corrected chi connectivity index (χ1v) is 13.7. The second kappa shape index (κ2) is 7.15. The van der Waals surface area contributed by atoms with Gasteiger partial charge in [0.15, 0.2) is 11.5 Å². The van der Waals surface area contributed by atoms with Crippen LogP contribution in [0, 0.1) is 5.41 Å². The van der Waals surface area contributed by atoms with Crippen molar-refractivity contribution >= 4 is 40.3 Å². The van der Waals surface area contributed by atoms with Gasteiger partial charge in [0, 0.05) is 30.4 Å². The number of anilines is 2. The Balaban J connectivity index is 1.69. The molecule has 0 unspecified atom stereocenters. The molecule has 1 aromatic carbocycles. The lowest BCUT2D eigenvalue weighted by Gasteiger charge is -2.36. The number of hydrazine groups is 1. The number of fused-ring (bicyclic) bond motifs is 1. The minimum Gasteiger partial charge on any atom is -0.374 e. The fourth-order valence-electron chi connectivity index (χ4n) is 4.45. The van der Waals surface area contributed by atoms with Crippen molar-refractivity contribution in [1.82, 2.24) is 15.3 Å². The van der Waals surface area contributed by atoms with Crippen molar-refractivity contribution in [1.29, 1.82) is 0 Å². The van der Waals surface area contributed by atoms with Crippen LogP contribution in [0.25, 0.3) is 0 Å². The molecular formula is C21H26N5PS2. The Bertz CT molecular complexity index is 1010. The first-order valence-electron chi connectivity index (χ1n) is 10.1. The zero-order valence-electron chi connectivity index (χ0n) is 16.8. The van der Waals surface area contributed by atoms with E-state index in [1.807, 2.05) is 17.6 Å². The molecule has 0 saturated carbocycles. The van der Waals surface area contributed by atoms with Crippen molar-refractivity contribution in [3.8, 4) is 0 Å². The molecule has 2 N–H and O–H groups in total. The average Bonchev–Trinajstić information content (AvgIpc) is 3.43. The van der Waals surface area contributed by atoms with Crippen LogP contribution in [0.1, 0.15) is 33.1 Å². The predicted octanol–water partition coefficient (Wildman–Crippen LogP) is 5.51. The monoisotopic (exact) mass is 443 g/mol. The normalized spacial score (nSPS) is 25.7. The Hall–Kier alpha value is -1.82. The summed E-state index contributed by atoms with van der Waals surface area (Å²) in [6, 6.07) is 10.4. The Morgan fingerprint density at radius 1 is 1.21 bits per heavy atom. The highest BCUT2D eigenvalue weighted by atomic mass is 32.4. The highest BCUT2D eigenvalue weighted by Gasteiger charge is 2.47. The summed E-state index contributed by atoms with van der Waals surface area (Å²) in [5.41, 5.74) is 7.46. The fraction of sp³-hybridized carbons (Fsp3) is 0.381. The number of hydrogen-bond acceptors (Lipinski definition) is 5. The van der Waals surface area contributed by atoms with Gasteiger partial charge in [0.1, 0.15) is 0 Å². The summed E-state index contributed by atoms with van der Waals surface area (Å²) in [5.74, 6) is 0. The van der Waals surface area contributed by atoms with Crippen molar-refractivity contribution in [2.45, 2.75) is 33.1 Å². The molecule has 1 atom stereocenters. The number of thiazole rings is 1. The van der Waals surface area contributed by atoms with Crippen LogP contribution < -0.4 is 15.3 Å². The molecule has 5 nitrogen and oxygen atoms in total. The van der Waals surface area contributed by atoms with Gasteiger partial charge in [0.2, 0.25) is 0 Å². The molecule has 0 amide bonds. The molecule has 8 heteroatoms. The quantitative estimate of drug-likeness (QED) is 0.608. The molecule has 0 radical (unpaired) electrons. The summed E-state index contributed by atoms with van der Waals surface area (Å²) < 4.78 is 2.20. The van der Waals surface area contributed by atoms with Gasteiger partial charge in [-0.2, -0.15) is 0 Å². The Morgan fingerprint density at radius 2 is 1.97 bits per heavy atom. The lowest BCUT2D eigenvalue weighted by Crippen LogP contribution is -2.30. The molecule has 2 saturated heterocycles. The summed E-state index contributed by atoms with van der Waals surface area (Å²) in [6.45, 7) is 6.88. The molecule has 3 heterocycles. The maximum absolute atomic E-state index is 6.51. The van der Waals surface area contributed by atoms with Crippen LogP contribution in [-0.4, -0.2) is 23.0 Å². The molecular weight excluding hydrogens is 417 g/mol. The second-order valence-electron chi connectivity index (χ2n) is 8.50. The highest BCUT2D eigenvalue weighted by Crippen LogP contribution is 2.67. The van der Waals surface area contributed by atoms with Crippen LogP contribution >= 0.6 is 17.7 Å². The van der Waals surface area contributed by atoms with Crippen LogP contribution in [0.2, 0.25) is 0 Å². The van der Waals surface area contributed by atoms with Gasteiger partial charge in [-0.15, -0.1) is 11.3 Å². The average molecular weight is 444 g/mol. The van der Waals surface area contributed by atoms with Crippen molar-refractivity contribution < 1.29 is 0 Å². The topological polar surface area (TPSA) is 43.4 Å². The van der Waals surface area contributed by atoms with Crippen molar-refractivity contribution in [2.24, 2.45) is 5.41 Å². The van der Waals surface area contributed by atoms with Crippen LogP contribution in [0.4, 0.5) is 10.8 Å². The third-order valence-electron chi connectivity index (χ3n) is 5.67. The van der Waals surface area contributed by atoms with E-state index in [1.54, 1.807) is 11.3 Å². The van der Waals surface area contributed by atoms with Gasteiger partial charge in [0.25, 0.3) is 0 Å². The number of rotatable bonds is 4. The van der Waals surface area contributed by atoms with E-state index in [0.29, 0.717) is 0 Å². The number of allylic oxidation sites excluding steroid dienone is 3. The van der Waals surface area contributed by atoms with E-state index in [9.17, 15) is 0 Å².